The number of hydrogen-bond donors (Lipinski definition) is 0. The molecule has 0 radical (unpaired) electrons. The molecule has 37 heavy (non-hydrogen) atoms. The third kappa shape index (κ3) is 6.48. The zero-order valence-corrected chi connectivity index (χ0v) is 24.4. The van der Waals surface area contributed by atoms with Gasteiger partial charge < -0.3 is 4.43 Å². The minimum absolute atomic E-state index is 0.817. The van der Waals surface area contributed by atoms with Crippen LogP contribution < -0.4 is 15.6 Å². The lowest BCUT2D eigenvalue weighted by Gasteiger charge is -2.36. The summed E-state index contributed by atoms with van der Waals surface area (Å²) >= 11 is 0. The molecule has 188 valence electrons. The van der Waals surface area contributed by atoms with Crippen LogP contribution in [0.2, 0.25) is 25.7 Å². The Hall–Kier alpha value is -3.41. The molecule has 0 saturated heterocycles. The quantitative estimate of drug-likeness (QED) is 0.0871. The van der Waals surface area contributed by atoms with Gasteiger partial charge in [-0.25, -0.2) is 0 Å². The average molecular weight is 519 g/mol. The predicted octanol–water partition coefficient (Wildman–Crippen LogP) is 7.39. The minimum Gasteiger partial charge on any atom is -0.530 e. The van der Waals surface area contributed by atoms with Crippen LogP contribution in [-0.4, -0.2) is 16.4 Å². The first kappa shape index (κ1) is 26.7. The third-order valence-corrected chi connectivity index (χ3v) is 12.4. The van der Waals surface area contributed by atoms with Gasteiger partial charge in [0.2, 0.25) is 0 Å². The molecular weight excluding hydrogens is 481 g/mol. The molecule has 0 fully saturated rings. The van der Waals surface area contributed by atoms with E-state index in [0.717, 1.165) is 24.2 Å². The van der Waals surface area contributed by atoms with Crippen molar-refractivity contribution in [2.75, 3.05) is 0 Å². The number of hydrogen-bond acceptors (Lipinski definition) is 1. The second-order valence-corrected chi connectivity index (χ2v) is 19.7. The van der Waals surface area contributed by atoms with Crippen molar-refractivity contribution >= 4 is 37.7 Å². The van der Waals surface area contributed by atoms with Gasteiger partial charge in [-0.2, -0.15) is 0 Å². The van der Waals surface area contributed by atoms with Gasteiger partial charge in [-0.3, -0.25) is 0 Å². The molecule has 4 aromatic carbocycles. The zero-order chi connectivity index (χ0) is 26.1. The van der Waals surface area contributed by atoms with Crippen molar-refractivity contribution in [3.05, 3.63) is 145 Å². The second kappa shape index (κ2) is 12.2. The van der Waals surface area contributed by atoms with Crippen molar-refractivity contribution in [1.82, 2.24) is 0 Å². The lowest BCUT2D eigenvalue weighted by molar-refractivity contribution is 0.524. The normalized spacial score (nSPS) is 12.5. The summed E-state index contributed by atoms with van der Waals surface area (Å²) in [6.07, 6.45) is 3.87. The van der Waals surface area contributed by atoms with Gasteiger partial charge in [-0.1, -0.05) is 153 Å². The molecule has 0 unspecified atom stereocenters. The average Bonchev–Trinajstić information content (AvgIpc) is 2.94. The van der Waals surface area contributed by atoms with Crippen molar-refractivity contribution < 1.29 is 4.43 Å². The lowest BCUT2D eigenvalue weighted by atomic mass is 10.0. The smallest absolute Gasteiger partial charge is 0.346 e. The number of rotatable bonds is 11. The fourth-order valence-corrected chi connectivity index (χ4v) is 9.74. The van der Waals surface area contributed by atoms with Gasteiger partial charge in [-0.15, -0.1) is 6.58 Å². The zero-order valence-electron chi connectivity index (χ0n) is 22.4. The largest absolute Gasteiger partial charge is 0.530 e. The van der Waals surface area contributed by atoms with Crippen molar-refractivity contribution in [2.24, 2.45) is 0 Å². The van der Waals surface area contributed by atoms with Crippen molar-refractivity contribution in [3.63, 3.8) is 0 Å². The predicted molar refractivity (Wildman–Crippen MR) is 166 cm³/mol. The number of allylic oxidation sites excluding steroid dienone is 2. The van der Waals surface area contributed by atoms with E-state index in [1.165, 1.54) is 27.2 Å². The maximum atomic E-state index is 7.65. The van der Waals surface area contributed by atoms with Crippen LogP contribution >= 0.6 is 0 Å². The van der Waals surface area contributed by atoms with Crippen LogP contribution in [0.4, 0.5) is 0 Å². The molecule has 0 heterocycles. The first-order valence-corrected chi connectivity index (χ1v) is 18.8. The van der Waals surface area contributed by atoms with Gasteiger partial charge in [0.1, 0.15) is 5.76 Å². The van der Waals surface area contributed by atoms with Crippen LogP contribution in [0.15, 0.2) is 140 Å². The highest BCUT2D eigenvalue weighted by atomic mass is 28.4. The Morgan fingerprint density at radius 3 is 1.43 bits per heavy atom. The van der Waals surface area contributed by atoms with Gasteiger partial charge in [0, 0.05) is 13.6 Å². The Morgan fingerprint density at radius 2 is 1.05 bits per heavy atom. The molecular formula is C34H38OSi2. The van der Waals surface area contributed by atoms with Crippen LogP contribution in [0.25, 0.3) is 5.76 Å². The van der Waals surface area contributed by atoms with Gasteiger partial charge in [-0.05, 0) is 34.0 Å². The molecule has 1 nitrogen and oxygen atoms in total. The van der Waals surface area contributed by atoms with E-state index >= 15 is 0 Å². The third-order valence-electron chi connectivity index (χ3n) is 6.72. The second-order valence-electron chi connectivity index (χ2n) is 10.7. The monoisotopic (exact) mass is 518 g/mol. The summed E-state index contributed by atoms with van der Waals surface area (Å²) in [5, 5.41) is 3.72. The molecule has 0 saturated carbocycles. The Morgan fingerprint density at radius 1 is 0.649 bits per heavy atom. The summed E-state index contributed by atoms with van der Waals surface area (Å²) < 4.78 is 7.65. The number of benzene rings is 4. The van der Waals surface area contributed by atoms with Crippen LogP contribution in [0.3, 0.4) is 0 Å². The molecule has 0 N–H and O–H groups in total. The molecule has 0 bridgehead atoms. The standard InChI is InChI=1S/C34H38OSi2/c1-5-18-29(27-28-36(2,3)4)34(30-19-10-6-11-20-30)35-37(31-21-12-7-13-22-31,32-23-14-8-15-24-32)33-25-16-9-17-26-33/h5-17,19-26H,1,18,27-28H2,2-4H3/b34-29-. The summed E-state index contributed by atoms with van der Waals surface area (Å²) in [7, 11) is -4.18. The van der Waals surface area contributed by atoms with Crippen LogP contribution in [0.5, 0.6) is 0 Å². The molecule has 0 aromatic heterocycles. The fraction of sp³-hybridized carbons (Fsp3) is 0.176. The van der Waals surface area contributed by atoms with Crippen LogP contribution in [0, 0.1) is 0 Å². The summed E-state index contributed by atoms with van der Waals surface area (Å²) in [5.74, 6) is 1.02. The Balaban J connectivity index is 2.02. The van der Waals surface area contributed by atoms with Crippen molar-refractivity contribution in [3.8, 4) is 0 Å². The fourth-order valence-electron chi connectivity index (χ4n) is 4.78. The highest BCUT2D eigenvalue weighted by Gasteiger charge is 2.44. The molecule has 4 rings (SSSR count). The molecule has 4 aromatic rings. The van der Waals surface area contributed by atoms with Crippen LogP contribution in [0.1, 0.15) is 18.4 Å². The highest BCUT2D eigenvalue weighted by Crippen LogP contribution is 2.31. The van der Waals surface area contributed by atoms with E-state index in [4.69, 9.17) is 4.43 Å². The van der Waals surface area contributed by atoms with E-state index in [9.17, 15) is 0 Å². The van der Waals surface area contributed by atoms with E-state index in [0.29, 0.717) is 0 Å². The molecule has 0 spiro atoms. The summed E-state index contributed by atoms with van der Waals surface area (Å²) in [5.41, 5.74) is 2.47. The maximum absolute atomic E-state index is 7.65. The molecule has 0 aliphatic heterocycles. The molecule has 0 atom stereocenters. The summed E-state index contributed by atoms with van der Waals surface area (Å²) in [6.45, 7) is 11.5. The topological polar surface area (TPSA) is 9.23 Å². The molecule has 3 heteroatoms. The highest BCUT2D eigenvalue weighted by molar-refractivity contribution is 7.07. The summed E-state index contributed by atoms with van der Waals surface area (Å²) in [6, 6.07) is 44.4. The first-order valence-electron chi connectivity index (χ1n) is 13.2. The minimum atomic E-state index is -2.92. The Kier molecular flexibility index (Phi) is 8.80. The van der Waals surface area contributed by atoms with Crippen LogP contribution in [-0.2, 0) is 4.43 Å². The van der Waals surface area contributed by atoms with E-state index in [-0.39, 0.29) is 0 Å². The maximum Gasteiger partial charge on any atom is 0.346 e. The van der Waals surface area contributed by atoms with E-state index in [1.807, 2.05) is 6.08 Å². The molecule has 0 aliphatic carbocycles. The van der Waals surface area contributed by atoms with Gasteiger partial charge in [0.25, 0.3) is 0 Å². The van der Waals surface area contributed by atoms with Gasteiger partial charge >= 0.3 is 8.32 Å². The first-order chi connectivity index (χ1) is 17.9. The Labute approximate surface area is 225 Å². The summed E-state index contributed by atoms with van der Waals surface area (Å²) in [4.78, 5) is 0. The van der Waals surface area contributed by atoms with E-state index < -0.39 is 16.4 Å². The van der Waals surface area contributed by atoms with Gasteiger partial charge in [0.05, 0.1) is 0 Å². The van der Waals surface area contributed by atoms with E-state index in [1.54, 1.807) is 0 Å². The van der Waals surface area contributed by atoms with E-state index in [2.05, 4.69) is 148 Å². The Bertz CT molecular complexity index is 1200. The van der Waals surface area contributed by atoms with Crippen molar-refractivity contribution in [2.45, 2.75) is 38.5 Å². The van der Waals surface area contributed by atoms with Crippen molar-refractivity contribution in [1.29, 1.82) is 0 Å². The SMILES string of the molecule is C=CC/C(CC[Si](C)(C)C)=C(/O[Si](c1ccccc1)(c1ccccc1)c1ccccc1)c1ccccc1. The van der Waals surface area contributed by atoms with Gasteiger partial charge in [0.15, 0.2) is 0 Å². The molecule has 0 amide bonds. The molecule has 0 aliphatic rings. The lowest BCUT2D eigenvalue weighted by Crippen LogP contribution is -2.69.